The summed E-state index contributed by atoms with van der Waals surface area (Å²) >= 11 is 5.07. The van der Waals surface area contributed by atoms with Gasteiger partial charge in [-0.05, 0) is 28.4 Å². The van der Waals surface area contributed by atoms with Gasteiger partial charge in [0.15, 0.2) is 5.76 Å². The van der Waals surface area contributed by atoms with E-state index in [2.05, 4.69) is 36.4 Å². The number of rotatable bonds is 4. The van der Waals surface area contributed by atoms with E-state index in [0.29, 0.717) is 6.54 Å². The highest BCUT2D eigenvalue weighted by Crippen LogP contribution is 2.32. The molecule has 3 aromatic heterocycles. The minimum absolute atomic E-state index is 0.564. The third kappa shape index (κ3) is 2.62. The number of hydrogen-bond acceptors (Lipinski definition) is 6. The molecular weight excluding hydrogens is 328 g/mol. The molecule has 0 aliphatic rings. The van der Waals surface area contributed by atoms with Crippen LogP contribution < -0.4 is 5.32 Å². The van der Waals surface area contributed by atoms with Crippen LogP contribution >= 0.6 is 27.3 Å². The average Bonchev–Trinajstić information content (AvgIpc) is 3.01. The lowest BCUT2D eigenvalue weighted by Gasteiger charge is -2.02. The van der Waals surface area contributed by atoms with Gasteiger partial charge in [-0.3, -0.25) is 0 Å². The standard InChI is InChI=1S/C12H11BrN4OS/c1-2-7-3-8(18-17-7)5-14-12-11-9(15-6-16-12)4-10(13)19-11/h3-4,6H,2,5H2,1H3,(H,14,15,16). The Bertz CT molecular complexity index is 709. The van der Waals surface area contributed by atoms with Gasteiger partial charge in [-0.1, -0.05) is 12.1 Å². The number of nitrogens with one attached hydrogen (secondary N) is 1. The molecule has 3 rings (SSSR count). The summed E-state index contributed by atoms with van der Waals surface area (Å²) in [6, 6.07) is 3.94. The van der Waals surface area contributed by atoms with Crippen molar-refractivity contribution in [2.45, 2.75) is 19.9 Å². The Kier molecular flexibility index (Phi) is 3.48. The Hall–Kier alpha value is -1.47. The van der Waals surface area contributed by atoms with Crippen LogP contribution in [0.15, 0.2) is 26.8 Å². The van der Waals surface area contributed by atoms with Crippen LogP contribution in [0.2, 0.25) is 0 Å². The molecule has 0 bridgehead atoms. The van der Waals surface area contributed by atoms with Crippen LogP contribution in [-0.4, -0.2) is 15.1 Å². The van der Waals surface area contributed by atoms with E-state index >= 15 is 0 Å². The second-order valence-corrected chi connectivity index (χ2v) is 6.41. The van der Waals surface area contributed by atoms with Gasteiger partial charge >= 0.3 is 0 Å². The Labute approximate surface area is 122 Å². The predicted molar refractivity (Wildman–Crippen MR) is 78.3 cm³/mol. The van der Waals surface area contributed by atoms with Crippen molar-refractivity contribution in [2.24, 2.45) is 0 Å². The topological polar surface area (TPSA) is 63.8 Å². The molecule has 0 aliphatic carbocycles. The molecule has 0 aromatic carbocycles. The summed E-state index contributed by atoms with van der Waals surface area (Å²) in [7, 11) is 0. The SMILES string of the molecule is CCc1cc(CNc2ncnc3cc(Br)sc23)on1. The van der Waals surface area contributed by atoms with Crippen molar-refractivity contribution in [3.05, 3.63) is 33.7 Å². The zero-order valence-corrected chi connectivity index (χ0v) is 12.6. The normalized spacial score (nSPS) is 11.1. The van der Waals surface area contributed by atoms with Crippen LogP contribution in [0, 0.1) is 0 Å². The first-order valence-corrected chi connectivity index (χ1v) is 7.45. The number of aryl methyl sites for hydroxylation is 1. The van der Waals surface area contributed by atoms with Crippen LogP contribution in [0.1, 0.15) is 18.4 Å². The van der Waals surface area contributed by atoms with Crippen molar-refractivity contribution in [3.8, 4) is 0 Å². The Balaban J connectivity index is 1.81. The lowest BCUT2D eigenvalue weighted by atomic mass is 10.3. The van der Waals surface area contributed by atoms with Gasteiger partial charge in [0.2, 0.25) is 0 Å². The fraction of sp³-hybridized carbons (Fsp3) is 0.250. The van der Waals surface area contributed by atoms with Gasteiger partial charge in [0.25, 0.3) is 0 Å². The molecule has 3 aromatic rings. The first-order valence-electron chi connectivity index (χ1n) is 5.84. The van der Waals surface area contributed by atoms with Gasteiger partial charge in [-0.25, -0.2) is 9.97 Å². The molecule has 1 N–H and O–H groups in total. The fourth-order valence-corrected chi connectivity index (χ4v) is 3.23. The van der Waals surface area contributed by atoms with E-state index in [9.17, 15) is 0 Å². The minimum Gasteiger partial charge on any atom is -0.361 e. The third-order valence-corrected chi connectivity index (χ3v) is 4.32. The average molecular weight is 339 g/mol. The van der Waals surface area contributed by atoms with Gasteiger partial charge in [-0.2, -0.15) is 0 Å². The predicted octanol–water partition coefficient (Wildman–Crippen LogP) is 3.62. The maximum absolute atomic E-state index is 5.23. The second-order valence-electron chi connectivity index (χ2n) is 3.98. The number of aromatic nitrogens is 3. The lowest BCUT2D eigenvalue weighted by Crippen LogP contribution is -2.00. The van der Waals surface area contributed by atoms with Gasteiger partial charge < -0.3 is 9.84 Å². The number of anilines is 1. The van der Waals surface area contributed by atoms with Crippen LogP contribution in [0.5, 0.6) is 0 Å². The van der Waals surface area contributed by atoms with Crippen molar-refractivity contribution in [1.82, 2.24) is 15.1 Å². The molecule has 7 heteroatoms. The summed E-state index contributed by atoms with van der Waals surface area (Å²) in [5, 5.41) is 7.22. The third-order valence-electron chi connectivity index (χ3n) is 2.68. The number of halogens is 1. The first-order chi connectivity index (χ1) is 9.26. The van der Waals surface area contributed by atoms with Crippen LogP contribution in [0.3, 0.4) is 0 Å². The summed E-state index contributed by atoms with van der Waals surface area (Å²) in [4.78, 5) is 8.50. The summed E-state index contributed by atoms with van der Waals surface area (Å²) in [6.45, 7) is 2.61. The van der Waals surface area contributed by atoms with E-state index < -0.39 is 0 Å². The van der Waals surface area contributed by atoms with E-state index in [0.717, 1.165) is 37.7 Å². The minimum atomic E-state index is 0.564. The largest absolute Gasteiger partial charge is 0.361 e. The van der Waals surface area contributed by atoms with Crippen LogP contribution in [0.25, 0.3) is 10.2 Å². The summed E-state index contributed by atoms with van der Waals surface area (Å²) < 4.78 is 7.31. The molecular formula is C12H11BrN4OS. The van der Waals surface area contributed by atoms with E-state index in [-0.39, 0.29) is 0 Å². The van der Waals surface area contributed by atoms with Crippen molar-refractivity contribution in [2.75, 3.05) is 5.32 Å². The molecule has 0 unspecified atom stereocenters. The van der Waals surface area contributed by atoms with Gasteiger partial charge in [0.1, 0.15) is 12.1 Å². The van der Waals surface area contributed by atoms with Gasteiger partial charge in [-0.15, -0.1) is 11.3 Å². The monoisotopic (exact) mass is 338 g/mol. The molecule has 0 amide bonds. The smallest absolute Gasteiger partial charge is 0.156 e. The highest BCUT2D eigenvalue weighted by atomic mass is 79.9. The van der Waals surface area contributed by atoms with Crippen molar-refractivity contribution >= 4 is 43.3 Å². The van der Waals surface area contributed by atoms with Gasteiger partial charge in [0, 0.05) is 6.07 Å². The summed E-state index contributed by atoms with van der Waals surface area (Å²) in [6.07, 6.45) is 2.43. The Morgan fingerprint density at radius 2 is 2.26 bits per heavy atom. The van der Waals surface area contributed by atoms with E-state index in [1.807, 2.05) is 19.1 Å². The van der Waals surface area contributed by atoms with Crippen molar-refractivity contribution in [3.63, 3.8) is 0 Å². The number of thiophene rings is 1. The molecule has 0 saturated carbocycles. The molecule has 0 saturated heterocycles. The molecule has 5 nitrogen and oxygen atoms in total. The zero-order chi connectivity index (χ0) is 13.2. The molecule has 0 atom stereocenters. The first kappa shape index (κ1) is 12.6. The lowest BCUT2D eigenvalue weighted by molar-refractivity contribution is 0.382. The summed E-state index contributed by atoms with van der Waals surface area (Å²) in [5.41, 5.74) is 1.89. The van der Waals surface area contributed by atoms with Crippen molar-refractivity contribution < 1.29 is 4.52 Å². The molecule has 0 radical (unpaired) electrons. The molecule has 19 heavy (non-hydrogen) atoms. The fourth-order valence-electron chi connectivity index (χ4n) is 1.73. The summed E-state index contributed by atoms with van der Waals surface area (Å²) in [5.74, 6) is 1.62. The van der Waals surface area contributed by atoms with Crippen LogP contribution in [0.4, 0.5) is 5.82 Å². The number of fused-ring (bicyclic) bond motifs is 1. The quantitative estimate of drug-likeness (QED) is 0.787. The molecule has 98 valence electrons. The zero-order valence-electron chi connectivity index (χ0n) is 10.2. The van der Waals surface area contributed by atoms with E-state index in [1.165, 1.54) is 0 Å². The van der Waals surface area contributed by atoms with Crippen molar-refractivity contribution in [1.29, 1.82) is 0 Å². The van der Waals surface area contributed by atoms with E-state index in [4.69, 9.17) is 4.52 Å². The Morgan fingerprint density at radius 3 is 3.05 bits per heavy atom. The highest BCUT2D eigenvalue weighted by Gasteiger charge is 2.09. The molecule has 0 fully saturated rings. The maximum atomic E-state index is 5.23. The molecule has 0 spiro atoms. The number of nitrogens with zero attached hydrogens (tertiary/aromatic N) is 3. The maximum Gasteiger partial charge on any atom is 0.156 e. The Morgan fingerprint density at radius 1 is 1.37 bits per heavy atom. The second kappa shape index (κ2) is 5.26. The van der Waals surface area contributed by atoms with Gasteiger partial charge in [0.05, 0.1) is 26.2 Å². The highest BCUT2D eigenvalue weighted by molar-refractivity contribution is 9.11. The molecule has 0 aliphatic heterocycles. The molecule has 3 heterocycles. The number of hydrogen-bond donors (Lipinski definition) is 1. The van der Waals surface area contributed by atoms with Crippen LogP contribution in [-0.2, 0) is 13.0 Å². The van der Waals surface area contributed by atoms with E-state index in [1.54, 1.807) is 17.7 Å².